The third-order valence-electron chi connectivity index (χ3n) is 7.57. The number of hydrogen-bond acceptors (Lipinski definition) is 10. The van der Waals surface area contributed by atoms with E-state index in [1.54, 1.807) is 40.8 Å². The van der Waals surface area contributed by atoms with E-state index in [4.69, 9.17) is 11.6 Å². The summed E-state index contributed by atoms with van der Waals surface area (Å²) in [5, 5.41) is 50.6. The van der Waals surface area contributed by atoms with E-state index in [1.165, 1.54) is 12.1 Å². The Morgan fingerprint density at radius 1 is 1.08 bits per heavy atom. The number of allylic oxidation sites excluding steroid dienone is 2. The molecule has 8 N–H and O–H groups in total. The van der Waals surface area contributed by atoms with Crippen LogP contribution in [-0.2, 0) is 16.0 Å². The highest BCUT2D eigenvalue weighted by Gasteiger charge is 2.59. The van der Waals surface area contributed by atoms with E-state index in [9.17, 15) is 39.6 Å². The van der Waals surface area contributed by atoms with Crippen LogP contribution in [0.1, 0.15) is 39.1 Å². The monoisotopic (exact) mass is 644 g/mol. The number of aliphatic hydroxyl groups excluding tert-OH is 2. The standard InChI is InChI=1S/C26H21IN4O8/c27-24(37)11-3-9(5-13(6-11)30-31-29)14-1-2-16(32)19-15(14)7-10-4-12-8-17(33)20(25(28)38)23(36)26(12,39)22(35)18(10)21(19)34/h1-3,5-6,10,12,32-33,35,39H,4,7-8H2,(H2,28,38)(H2,29,30)/t10-,12+,26+/m1/s1. The summed E-state index contributed by atoms with van der Waals surface area (Å²) in [5.74, 6) is -1.83. The molecule has 0 bridgehead atoms. The van der Waals surface area contributed by atoms with E-state index in [2.05, 4.69) is 10.3 Å². The molecule has 12 nitrogen and oxygen atoms in total. The zero-order chi connectivity index (χ0) is 28.4. The summed E-state index contributed by atoms with van der Waals surface area (Å²) < 4.78 is -0.279. The van der Waals surface area contributed by atoms with Crippen molar-refractivity contribution in [3.05, 3.63) is 69.7 Å². The Bertz CT molecular complexity index is 1610. The van der Waals surface area contributed by atoms with Gasteiger partial charge in [-0.05, 0) is 59.7 Å². The number of rotatable bonds is 4. The Kier molecular flexibility index (Phi) is 6.30. The second kappa shape index (κ2) is 9.27. The second-order valence-electron chi connectivity index (χ2n) is 9.65. The van der Waals surface area contributed by atoms with E-state index in [0.717, 1.165) is 0 Å². The van der Waals surface area contributed by atoms with Gasteiger partial charge in [-0.1, -0.05) is 11.3 Å². The van der Waals surface area contributed by atoms with Crippen LogP contribution < -0.4 is 11.6 Å². The molecule has 0 aromatic heterocycles. The molecule has 3 aliphatic carbocycles. The van der Waals surface area contributed by atoms with Gasteiger partial charge in [0.2, 0.25) is 9.57 Å². The predicted octanol–water partition coefficient (Wildman–Crippen LogP) is 2.78. The number of ketones is 2. The number of phenolic OH excluding ortho intramolecular Hbond substituents is 1. The molecule has 0 aliphatic heterocycles. The van der Waals surface area contributed by atoms with Crippen molar-refractivity contribution in [2.75, 3.05) is 0 Å². The van der Waals surface area contributed by atoms with Gasteiger partial charge in [0.25, 0.3) is 5.91 Å². The third kappa shape index (κ3) is 3.91. The number of phenols is 1. The normalized spacial score (nSPS) is 24.5. The van der Waals surface area contributed by atoms with Crippen molar-refractivity contribution in [1.29, 1.82) is 0 Å². The fourth-order valence-corrected chi connectivity index (χ4v) is 6.21. The number of nitrogens with zero attached hydrogens (tertiary/aromatic N) is 2. The lowest BCUT2D eigenvalue weighted by Crippen LogP contribution is -2.57. The average Bonchev–Trinajstić information content (AvgIpc) is 2.86. The van der Waals surface area contributed by atoms with Crippen LogP contribution in [-0.4, -0.2) is 47.3 Å². The zero-order valence-corrected chi connectivity index (χ0v) is 22.2. The summed E-state index contributed by atoms with van der Waals surface area (Å²) in [6.07, 6.45) is -0.221. The molecule has 2 aromatic rings. The Hall–Kier alpha value is -4.11. The Labute approximate surface area is 233 Å². The van der Waals surface area contributed by atoms with Gasteiger partial charge in [-0.2, -0.15) is 0 Å². The number of benzene rings is 2. The van der Waals surface area contributed by atoms with Crippen LogP contribution in [0, 0.1) is 11.8 Å². The molecule has 0 saturated carbocycles. The van der Waals surface area contributed by atoms with Gasteiger partial charge in [0.1, 0.15) is 22.8 Å². The number of primary amides is 1. The first kappa shape index (κ1) is 26.5. The summed E-state index contributed by atoms with van der Waals surface area (Å²) in [6, 6.07) is 7.55. The number of Topliss-reactive ketones (excluding diaryl/α,β-unsaturated/α-hetero) is 2. The number of aliphatic hydroxyl groups is 3. The fourth-order valence-electron chi connectivity index (χ4n) is 5.89. The first-order valence-corrected chi connectivity index (χ1v) is 12.8. The zero-order valence-electron chi connectivity index (χ0n) is 20.0. The van der Waals surface area contributed by atoms with Gasteiger partial charge >= 0.3 is 0 Å². The van der Waals surface area contributed by atoms with Crippen molar-refractivity contribution >= 4 is 49.5 Å². The largest absolute Gasteiger partial charge is 0.511 e. The van der Waals surface area contributed by atoms with Crippen molar-refractivity contribution in [3.63, 3.8) is 0 Å². The van der Waals surface area contributed by atoms with Gasteiger partial charge < -0.3 is 32.0 Å². The third-order valence-corrected chi connectivity index (χ3v) is 8.20. The number of carbonyl (C=O) groups excluding carboxylic acids is 4. The average molecular weight is 644 g/mol. The number of fused-ring (bicyclic) bond motifs is 3. The minimum atomic E-state index is -2.64. The highest BCUT2D eigenvalue weighted by molar-refractivity contribution is 14.1. The van der Waals surface area contributed by atoms with Crippen molar-refractivity contribution in [2.24, 2.45) is 33.7 Å². The van der Waals surface area contributed by atoms with E-state index in [1.807, 2.05) is 0 Å². The van der Waals surface area contributed by atoms with Crippen LogP contribution in [0.4, 0.5) is 5.69 Å². The molecular formula is C26H21IN4O8. The van der Waals surface area contributed by atoms with Gasteiger partial charge in [-0.15, -0.1) is 5.11 Å². The van der Waals surface area contributed by atoms with E-state index in [0.29, 0.717) is 22.3 Å². The van der Waals surface area contributed by atoms with Gasteiger partial charge in [0, 0.05) is 46.1 Å². The van der Waals surface area contributed by atoms with Crippen molar-refractivity contribution in [3.8, 4) is 16.9 Å². The van der Waals surface area contributed by atoms with Gasteiger partial charge in [-0.25, -0.2) is 0 Å². The summed E-state index contributed by atoms with van der Waals surface area (Å²) in [4.78, 5) is 50.8. The fraction of sp³-hybridized carbons (Fsp3) is 0.231. The molecule has 0 heterocycles. The van der Waals surface area contributed by atoms with Gasteiger partial charge in [0.15, 0.2) is 11.4 Å². The lowest BCUT2D eigenvalue weighted by molar-refractivity contribution is -0.144. The molecule has 0 fully saturated rings. The number of carbonyl (C=O) groups is 4. The SMILES string of the molecule is NN=Nc1cc(C(=O)I)cc(-c2ccc(O)c3c2C[C@H]2C[C@H]4CC(O)=C(C(N)=O)C(=O)[C@@]4(O)C(O)=C2C3=O)c1. The number of hydrogen-bond donors (Lipinski definition) is 6. The van der Waals surface area contributed by atoms with Crippen LogP contribution in [0.15, 0.2) is 63.3 Å². The molecule has 13 heteroatoms. The first-order valence-electron chi connectivity index (χ1n) is 11.7. The van der Waals surface area contributed by atoms with Crippen LogP contribution in [0.5, 0.6) is 5.75 Å². The first-order chi connectivity index (χ1) is 18.4. The Morgan fingerprint density at radius 3 is 2.44 bits per heavy atom. The van der Waals surface area contributed by atoms with Crippen molar-refractivity contribution in [2.45, 2.75) is 24.9 Å². The molecule has 0 radical (unpaired) electrons. The summed E-state index contributed by atoms with van der Waals surface area (Å²) in [7, 11) is 0. The molecule has 200 valence electrons. The van der Waals surface area contributed by atoms with Crippen LogP contribution >= 0.6 is 22.6 Å². The molecule has 39 heavy (non-hydrogen) atoms. The van der Waals surface area contributed by atoms with Gasteiger partial charge in [-0.3, -0.25) is 19.2 Å². The molecule has 0 spiro atoms. The van der Waals surface area contributed by atoms with E-state index < -0.39 is 52.0 Å². The molecule has 0 unspecified atom stereocenters. The van der Waals surface area contributed by atoms with E-state index >= 15 is 0 Å². The van der Waals surface area contributed by atoms with Crippen LogP contribution in [0.2, 0.25) is 0 Å². The molecule has 2 aromatic carbocycles. The Morgan fingerprint density at radius 2 is 1.79 bits per heavy atom. The maximum atomic E-state index is 13.8. The molecule has 3 aliphatic rings. The number of aromatic hydroxyl groups is 1. The Balaban J connectivity index is 1.69. The molecule has 0 saturated heterocycles. The molecule has 1 amide bonds. The lowest BCUT2D eigenvalue weighted by atomic mass is 9.60. The van der Waals surface area contributed by atoms with Crippen LogP contribution in [0.3, 0.4) is 0 Å². The maximum Gasteiger partial charge on any atom is 0.255 e. The summed E-state index contributed by atoms with van der Waals surface area (Å²) in [5.41, 5.74) is 3.34. The number of amides is 1. The number of nitrogens with two attached hydrogens (primary N) is 2. The van der Waals surface area contributed by atoms with E-state index in [-0.39, 0.29) is 45.6 Å². The topological polar surface area (TPSA) is 226 Å². The van der Waals surface area contributed by atoms with Crippen molar-refractivity contribution < 1.29 is 39.6 Å². The highest BCUT2D eigenvalue weighted by atomic mass is 127. The highest BCUT2D eigenvalue weighted by Crippen LogP contribution is 2.52. The quantitative estimate of drug-likeness (QED) is 0.0717. The molecular weight excluding hydrogens is 623 g/mol. The lowest BCUT2D eigenvalue weighted by Gasteiger charge is -2.45. The molecule has 3 atom stereocenters. The maximum absolute atomic E-state index is 13.8. The minimum absolute atomic E-state index is 0.00305. The molecule has 5 rings (SSSR count). The van der Waals surface area contributed by atoms with Crippen LogP contribution in [0.25, 0.3) is 11.1 Å². The van der Waals surface area contributed by atoms with Gasteiger partial charge in [0.05, 0.1) is 11.3 Å². The summed E-state index contributed by atoms with van der Waals surface area (Å²) in [6.45, 7) is 0. The summed E-state index contributed by atoms with van der Waals surface area (Å²) >= 11 is 1.62. The smallest absolute Gasteiger partial charge is 0.255 e. The number of halogens is 1. The minimum Gasteiger partial charge on any atom is -0.511 e. The van der Waals surface area contributed by atoms with Crippen molar-refractivity contribution in [1.82, 2.24) is 0 Å². The second-order valence-corrected chi connectivity index (χ2v) is 10.6. The predicted molar refractivity (Wildman–Crippen MR) is 143 cm³/mol.